The highest BCUT2D eigenvalue weighted by molar-refractivity contribution is 5.79. The lowest BCUT2D eigenvalue weighted by atomic mass is 9.80. The summed E-state index contributed by atoms with van der Waals surface area (Å²) < 4.78 is 0. The molecule has 16 heavy (non-hydrogen) atoms. The van der Waals surface area contributed by atoms with E-state index in [1.807, 2.05) is 0 Å². The first-order valence-electron chi connectivity index (χ1n) is 6.36. The number of rotatable bonds is 5. The van der Waals surface area contributed by atoms with Crippen LogP contribution in [0, 0.1) is 11.3 Å². The first-order chi connectivity index (χ1) is 7.68. The van der Waals surface area contributed by atoms with Gasteiger partial charge in [-0.25, -0.2) is 0 Å². The lowest BCUT2D eigenvalue weighted by Gasteiger charge is -2.40. The van der Waals surface area contributed by atoms with Crippen LogP contribution in [-0.4, -0.2) is 29.3 Å². The average Bonchev–Trinajstić information content (AvgIpc) is 2.32. The number of nitrogens with zero attached hydrogens (tertiary/aromatic N) is 2. The maximum absolute atomic E-state index is 11.3. The summed E-state index contributed by atoms with van der Waals surface area (Å²) in [6.45, 7) is 6.15. The second-order valence-corrected chi connectivity index (χ2v) is 4.62. The summed E-state index contributed by atoms with van der Waals surface area (Å²) in [4.78, 5) is 13.5. The smallest absolute Gasteiger partial charge is 0.133 e. The van der Waals surface area contributed by atoms with Gasteiger partial charge in [-0.15, -0.1) is 0 Å². The number of carbonyl (C=O) groups is 1. The number of Topliss-reactive ketones (excluding diaryl/α,β-unsaturated/α-hetero) is 1. The van der Waals surface area contributed by atoms with Crippen LogP contribution in [0.25, 0.3) is 0 Å². The van der Waals surface area contributed by atoms with Gasteiger partial charge in [0.25, 0.3) is 0 Å². The van der Waals surface area contributed by atoms with E-state index in [9.17, 15) is 10.1 Å². The molecule has 1 fully saturated rings. The molecule has 0 heterocycles. The van der Waals surface area contributed by atoms with Gasteiger partial charge in [-0.3, -0.25) is 9.69 Å². The fourth-order valence-corrected chi connectivity index (χ4v) is 2.46. The van der Waals surface area contributed by atoms with Gasteiger partial charge in [0.1, 0.15) is 11.3 Å². The van der Waals surface area contributed by atoms with E-state index in [1.54, 1.807) is 0 Å². The van der Waals surface area contributed by atoms with Gasteiger partial charge in [-0.2, -0.15) is 5.26 Å². The molecule has 0 radical (unpaired) electrons. The van der Waals surface area contributed by atoms with Crippen molar-refractivity contribution < 1.29 is 4.79 Å². The molecule has 0 aromatic heterocycles. The van der Waals surface area contributed by atoms with Crippen LogP contribution in [0.4, 0.5) is 0 Å². The Kier molecular flexibility index (Phi) is 4.95. The summed E-state index contributed by atoms with van der Waals surface area (Å²) >= 11 is 0. The Morgan fingerprint density at radius 2 is 2.00 bits per heavy atom. The molecule has 3 heteroatoms. The molecule has 3 nitrogen and oxygen atoms in total. The Morgan fingerprint density at radius 3 is 2.44 bits per heavy atom. The van der Waals surface area contributed by atoms with Crippen LogP contribution in [0.2, 0.25) is 0 Å². The molecular formula is C13H22N2O. The van der Waals surface area contributed by atoms with Gasteiger partial charge in [0, 0.05) is 12.8 Å². The highest BCUT2D eigenvalue weighted by Crippen LogP contribution is 2.31. The molecule has 0 amide bonds. The number of carbonyl (C=O) groups excluding carboxylic acids is 1. The molecule has 1 aliphatic rings. The molecule has 0 N–H and O–H groups in total. The summed E-state index contributed by atoms with van der Waals surface area (Å²) in [5, 5.41) is 9.43. The van der Waals surface area contributed by atoms with E-state index in [1.165, 1.54) is 0 Å². The molecule has 1 rings (SSSR count). The Balaban J connectivity index is 2.69. The topological polar surface area (TPSA) is 44.1 Å². The van der Waals surface area contributed by atoms with E-state index < -0.39 is 0 Å². The number of nitriles is 1. The summed E-state index contributed by atoms with van der Waals surface area (Å²) in [7, 11) is 0. The first kappa shape index (κ1) is 13.2. The van der Waals surface area contributed by atoms with Crippen LogP contribution < -0.4 is 0 Å². The highest BCUT2D eigenvalue weighted by atomic mass is 16.1. The van der Waals surface area contributed by atoms with Crippen LogP contribution in [0.3, 0.4) is 0 Å². The first-order valence-corrected chi connectivity index (χ1v) is 6.36. The molecular weight excluding hydrogens is 200 g/mol. The van der Waals surface area contributed by atoms with E-state index in [-0.39, 0.29) is 5.54 Å². The van der Waals surface area contributed by atoms with Crippen LogP contribution >= 0.6 is 0 Å². The van der Waals surface area contributed by atoms with Crippen molar-refractivity contribution in [3.05, 3.63) is 0 Å². The van der Waals surface area contributed by atoms with Gasteiger partial charge in [-0.1, -0.05) is 20.3 Å². The Morgan fingerprint density at radius 1 is 1.38 bits per heavy atom. The molecule has 0 aromatic carbocycles. The molecule has 1 saturated carbocycles. The van der Waals surface area contributed by atoms with Gasteiger partial charge in [-0.05, 0) is 32.4 Å². The van der Waals surface area contributed by atoms with Crippen molar-refractivity contribution in [2.75, 3.05) is 13.1 Å². The maximum Gasteiger partial charge on any atom is 0.133 e. The molecule has 0 aliphatic heterocycles. The summed E-state index contributed by atoms with van der Waals surface area (Å²) in [5.74, 6) is 0.317. The van der Waals surface area contributed by atoms with E-state index in [2.05, 4.69) is 24.8 Å². The molecule has 90 valence electrons. The fraction of sp³-hybridized carbons (Fsp3) is 0.846. The van der Waals surface area contributed by atoms with Crippen LogP contribution in [-0.2, 0) is 4.79 Å². The van der Waals surface area contributed by atoms with Crippen molar-refractivity contribution in [3.8, 4) is 6.07 Å². The van der Waals surface area contributed by atoms with Gasteiger partial charge in [0.2, 0.25) is 0 Å². The van der Waals surface area contributed by atoms with Crippen LogP contribution in [0.5, 0.6) is 0 Å². The van der Waals surface area contributed by atoms with Crippen molar-refractivity contribution in [2.45, 2.75) is 57.9 Å². The molecule has 0 bridgehead atoms. The third-order valence-corrected chi connectivity index (χ3v) is 3.61. The van der Waals surface area contributed by atoms with Crippen molar-refractivity contribution in [3.63, 3.8) is 0 Å². The monoisotopic (exact) mass is 222 g/mol. The molecule has 0 saturated heterocycles. The molecule has 0 aromatic rings. The van der Waals surface area contributed by atoms with Crippen molar-refractivity contribution in [2.24, 2.45) is 0 Å². The third kappa shape index (κ3) is 2.82. The van der Waals surface area contributed by atoms with E-state index >= 15 is 0 Å². The zero-order valence-electron chi connectivity index (χ0n) is 10.5. The summed E-state index contributed by atoms with van der Waals surface area (Å²) in [5.41, 5.74) is -0.363. The standard InChI is InChI=1S/C13H22N2O/c1-3-5-10-15(4-2)13(11-14)8-6-12(16)7-9-13/h3-10H2,1-2H3. The fourth-order valence-electron chi connectivity index (χ4n) is 2.46. The second-order valence-electron chi connectivity index (χ2n) is 4.62. The number of unbranched alkanes of at least 4 members (excludes halogenated alkanes) is 1. The predicted octanol–water partition coefficient (Wildman–Crippen LogP) is 2.51. The van der Waals surface area contributed by atoms with E-state index in [0.717, 1.165) is 38.8 Å². The minimum Gasteiger partial charge on any atom is -0.300 e. The zero-order valence-corrected chi connectivity index (χ0v) is 10.5. The van der Waals surface area contributed by atoms with Gasteiger partial charge < -0.3 is 0 Å². The molecule has 1 aliphatic carbocycles. The number of hydrogen-bond acceptors (Lipinski definition) is 3. The summed E-state index contributed by atoms with van der Waals surface area (Å²) in [6.07, 6.45) is 4.88. The maximum atomic E-state index is 11.3. The summed E-state index contributed by atoms with van der Waals surface area (Å²) in [6, 6.07) is 2.47. The largest absolute Gasteiger partial charge is 0.300 e. The van der Waals surface area contributed by atoms with E-state index in [0.29, 0.717) is 18.6 Å². The second kappa shape index (κ2) is 6.00. The number of ketones is 1. The molecule has 0 atom stereocenters. The Hall–Kier alpha value is -0.880. The van der Waals surface area contributed by atoms with Gasteiger partial charge >= 0.3 is 0 Å². The van der Waals surface area contributed by atoms with Gasteiger partial charge in [0.05, 0.1) is 6.07 Å². The normalized spacial score (nSPS) is 19.8. The minimum absolute atomic E-state index is 0.317. The molecule has 0 unspecified atom stereocenters. The van der Waals surface area contributed by atoms with Crippen LogP contribution in [0.15, 0.2) is 0 Å². The van der Waals surface area contributed by atoms with Crippen molar-refractivity contribution >= 4 is 5.78 Å². The Labute approximate surface area is 98.4 Å². The van der Waals surface area contributed by atoms with Crippen molar-refractivity contribution in [1.82, 2.24) is 4.90 Å². The number of hydrogen-bond donors (Lipinski definition) is 0. The Bertz CT molecular complexity index is 270. The highest BCUT2D eigenvalue weighted by Gasteiger charge is 2.39. The van der Waals surface area contributed by atoms with Crippen molar-refractivity contribution in [1.29, 1.82) is 5.26 Å². The minimum atomic E-state index is -0.363. The lowest BCUT2D eigenvalue weighted by Crippen LogP contribution is -2.50. The quantitative estimate of drug-likeness (QED) is 0.718. The lowest BCUT2D eigenvalue weighted by molar-refractivity contribution is -0.122. The van der Waals surface area contributed by atoms with Gasteiger partial charge in [0.15, 0.2) is 0 Å². The predicted molar refractivity (Wildman–Crippen MR) is 64.0 cm³/mol. The van der Waals surface area contributed by atoms with E-state index in [4.69, 9.17) is 0 Å². The third-order valence-electron chi connectivity index (χ3n) is 3.61. The average molecular weight is 222 g/mol. The SMILES string of the molecule is CCCCN(CC)C1(C#N)CCC(=O)CC1. The van der Waals surface area contributed by atoms with Crippen LogP contribution in [0.1, 0.15) is 52.4 Å². The molecule has 0 spiro atoms. The zero-order chi connectivity index (χ0) is 12.0.